The van der Waals surface area contributed by atoms with Crippen LogP contribution in [0, 0.1) is 6.92 Å². The minimum absolute atomic E-state index is 0.819. The van der Waals surface area contributed by atoms with Crippen LogP contribution in [0.3, 0.4) is 0 Å². The first-order valence-corrected chi connectivity index (χ1v) is 5.17. The fourth-order valence-electron chi connectivity index (χ4n) is 1.46. The van der Waals surface area contributed by atoms with Crippen molar-refractivity contribution in [2.75, 3.05) is 0 Å². The molecule has 0 radical (unpaired) electrons. The van der Waals surface area contributed by atoms with Crippen molar-refractivity contribution in [3.05, 3.63) is 33.4 Å². The molecule has 0 amide bonds. The van der Waals surface area contributed by atoms with E-state index < -0.39 is 0 Å². The van der Waals surface area contributed by atoms with Crippen molar-refractivity contribution in [3.63, 3.8) is 0 Å². The quantitative estimate of drug-likeness (QED) is 0.675. The summed E-state index contributed by atoms with van der Waals surface area (Å²) in [5, 5.41) is 1.98. The van der Waals surface area contributed by atoms with Crippen LogP contribution >= 0.6 is 27.5 Å². The van der Waals surface area contributed by atoms with Gasteiger partial charge >= 0.3 is 0 Å². The molecule has 0 N–H and O–H groups in total. The molecule has 3 heteroatoms. The zero-order valence-electron chi connectivity index (χ0n) is 7.44. The maximum Gasteiger partial charge on any atom is 0.0493 e. The number of hydrogen-bond donors (Lipinski definition) is 0. The molecule has 0 saturated heterocycles. The van der Waals surface area contributed by atoms with Crippen molar-refractivity contribution in [2.45, 2.75) is 6.92 Å². The first-order valence-electron chi connectivity index (χ1n) is 4.00. The standard InChI is InChI=1S/C10H9BrClN/c1-6-3-10-7(4-9(6)12)8(11)5-13(10)2/h3-5H,1-2H3. The summed E-state index contributed by atoms with van der Waals surface area (Å²) in [5.41, 5.74) is 2.32. The molecule has 1 aromatic carbocycles. The lowest BCUT2D eigenvalue weighted by atomic mass is 10.2. The number of aryl methyl sites for hydroxylation is 2. The van der Waals surface area contributed by atoms with Gasteiger partial charge in [0.1, 0.15) is 0 Å². The maximum atomic E-state index is 6.04. The van der Waals surface area contributed by atoms with Gasteiger partial charge in [0.05, 0.1) is 0 Å². The van der Waals surface area contributed by atoms with Crippen molar-refractivity contribution >= 4 is 38.4 Å². The number of nitrogens with zero attached hydrogens (tertiary/aromatic N) is 1. The molecule has 0 spiro atoms. The van der Waals surface area contributed by atoms with E-state index in [-0.39, 0.29) is 0 Å². The molecule has 13 heavy (non-hydrogen) atoms. The first kappa shape index (κ1) is 9.10. The van der Waals surface area contributed by atoms with Gasteiger partial charge in [-0.2, -0.15) is 0 Å². The van der Waals surface area contributed by atoms with Crippen LogP contribution in [0.25, 0.3) is 10.9 Å². The third-order valence-electron chi connectivity index (χ3n) is 2.22. The van der Waals surface area contributed by atoms with E-state index in [0.717, 1.165) is 20.4 Å². The molecule has 0 aliphatic heterocycles. The monoisotopic (exact) mass is 257 g/mol. The number of halogens is 2. The van der Waals surface area contributed by atoms with E-state index in [2.05, 4.69) is 26.6 Å². The lowest BCUT2D eigenvalue weighted by molar-refractivity contribution is 0.966. The van der Waals surface area contributed by atoms with Crippen LogP contribution in [0.5, 0.6) is 0 Å². The highest BCUT2D eigenvalue weighted by Crippen LogP contribution is 2.30. The fourth-order valence-corrected chi connectivity index (χ4v) is 2.25. The molecule has 1 aromatic heterocycles. The van der Waals surface area contributed by atoms with E-state index in [1.807, 2.05) is 26.2 Å². The molecule has 0 saturated carbocycles. The summed E-state index contributed by atoms with van der Waals surface area (Å²) in [6, 6.07) is 4.10. The molecule has 0 aliphatic carbocycles. The number of benzene rings is 1. The lowest BCUT2D eigenvalue weighted by Gasteiger charge is -2.00. The Morgan fingerprint density at radius 1 is 1.38 bits per heavy atom. The first-order chi connectivity index (χ1) is 6.09. The summed E-state index contributed by atoms with van der Waals surface area (Å²) in [4.78, 5) is 0. The van der Waals surface area contributed by atoms with Gasteiger partial charge in [0.25, 0.3) is 0 Å². The van der Waals surface area contributed by atoms with Gasteiger partial charge in [-0.1, -0.05) is 11.6 Å². The molecule has 1 nitrogen and oxygen atoms in total. The third kappa shape index (κ3) is 1.38. The van der Waals surface area contributed by atoms with Crippen LogP contribution < -0.4 is 0 Å². The van der Waals surface area contributed by atoms with Gasteiger partial charge in [0.2, 0.25) is 0 Å². The molecule has 0 fully saturated rings. The van der Waals surface area contributed by atoms with Crippen LogP contribution in [0.2, 0.25) is 5.02 Å². The van der Waals surface area contributed by atoms with E-state index >= 15 is 0 Å². The molecule has 68 valence electrons. The lowest BCUT2D eigenvalue weighted by Crippen LogP contribution is -1.84. The summed E-state index contributed by atoms with van der Waals surface area (Å²) in [7, 11) is 2.03. The third-order valence-corrected chi connectivity index (χ3v) is 3.26. The van der Waals surface area contributed by atoms with Gasteiger partial charge in [-0.25, -0.2) is 0 Å². The summed E-state index contributed by atoms with van der Waals surface area (Å²) in [5.74, 6) is 0. The largest absolute Gasteiger partial charge is 0.349 e. The Kier molecular flexibility index (Phi) is 2.12. The van der Waals surface area contributed by atoms with E-state index in [1.54, 1.807) is 0 Å². The second-order valence-corrected chi connectivity index (χ2v) is 4.47. The topological polar surface area (TPSA) is 4.93 Å². The minimum Gasteiger partial charge on any atom is -0.349 e. The summed E-state index contributed by atoms with van der Waals surface area (Å²) < 4.78 is 3.18. The zero-order chi connectivity index (χ0) is 9.59. The normalized spacial score (nSPS) is 11.1. The van der Waals surface area contributed by atoms with Crippen molar-refractivity contribution in [2.24, 2.45) is 7.05 Å². The van der Waals surface area contributed by atoms with Crippen molar-refractivity contribution < 1.29 is 0 Å². The number of aromatic nitrogens is 1. The Balaban J connectivity index is 2.91. The molecule has 1 heterocycles. The Morgan fingerprint density at radius 3 is 2.77 bits per heavy atom. The molecule has 2 rings (SSSR count). The Morgan fingerprint density at radius 2 is 2.08 bits per heavy atom. The van der Waals surface area contributed by atoms with Crippen molar-refractivity contribution in [1.29, 1.82) is 0 Å². The van der Waals surface area contributed by atoms with E-state index in [9.17, 15) is 0 Å². The van der Waals surface area contributed by atoms with E-state index in [1.165, 1.54) is 5.52 Å². The molecular formula is C10H9BrClN. The number of hydrogen-bond acceptors (Lipinski definition) is 0. The average molecular weight is 259 g/mol. The number of rotatable bonds is 0. The molecule has 0 atom stereocenters. The average Bonchev–Trinajstić information content (AvgIpc) is 2.31. The van der Waals surface area contributed by atoms with Crippen LogP contribution in [0.4, 0.5) is 0 Å². The maximum absolute atomic E-state index is 6.04. The van der Waals surface area contributed by atoms with Crippen molar-refractivity contribution in [3.8, 4) is 0 Å². The summed E-state index contributed by atoms with van der Waals surface area (Å²) in [6.45, 7) is 2.02. The van der Waals surface area contributed by atoms with Gasteiger partial charge in [0.15, 0.2) is 0 Å². The Bertz CT molecular complexity index is 431. The van der Waals surface area contributed by atoms with Crippen LogP contribution in [0.15, 0.2) is 22.8 Å². The van der Waals surface area contributed by atoms with Crippen LogP contribution in [0.1, 0.15) is 5.56 Å². The van der Waals surface area contributed by atoms with E-state index in [4.69, 9.17) is 11.6 Å². The van der Waals surface area contributed by atoms with Gasteiger partial charge < -0.3 is 4.57 Å². The molecule has 0 unspecified atom stereocenters. The molecule has 0 aliphatic rings. The number of fused-ring (bicyclic) bond motifs is 1. The summed E-state index contributed by atoms with van der Waals surface area (Å²) >= 11 is 9.54. The fraction of sp³-hybridized carbons (Fsp3) is 0.200. The smallest absolute Gasteiger partial charge is 0.0493 e. The molecule has 0 bridgehead atoms. The van der Waals surface area contributed by atoms with Crippen LogP contribution in [-0.2, 0) is 7.05 Å². The highest BCUT2D eigenvalue weighted by molar-refractivity contribution is 9.10. The van der Waals surface area contributed by atoms with Gasteiger partial charge in [-0.15, -0.1) is 0 Å². The Labute approximate surface area is 90.4 Å². The minimum atomic E-state index is 0.819. The zero-order valence-corrected chi connectivity index (χ0v) is 9.78. The molecular weight excluding hydrogens is 249 g/mol. The molecule has 2 aromatic rings. The second kappa shape index (κ2) is 3.03. The second-order valence-electron chi connectivity index (χ2n) is 3.21. The highest BCUT2D eigenvalue weighted by atomic mass is 79.9. The van der Waals surface area contributed by atoms with Gasteiger partial charge in [-0.05, 0) is 40.5 Å². The van der Waals surface area contributed by atoms with E-state index in [0.29, 0.717) is 0 Å². The van der Waals surface area contributed by atoms with Crippen LogP contribution in [-0.4, -0.2) is 4.57 Å². The predicted octanol–water partition coefficient (Wildman–Crippen LogP) is 3.90. The van der Waals surface area contributed by atoms with Crippen molar-refractivity contribution in [1.82, 2.24) is 4.57 Å². The van der Waals surface area contributed by atoms with Gasteiger partial charge in [0, 0.05) is 33.6 Å². The summed E-state index contributed by atoms with van der Waals surface area (Å²) in [6.07, 6.45) is 2.04. The highest BCUT2D eigenvalue weighted by Gasteiger charge is 2.06. The SMILES string of the molecule is Cc1cc2c(cc1Cl)c(Br)cn2C. The Hall–Kier alpha value is -0.470. The van der Waals surface area contributed by atoms with Gasteiger partial charge in [-0.3, -0.25) is 0 Å². The predicted molar refractivity (Wildman–Crippen MR) is 60.4 cm³/mol.